The number of nitrogens with zero attached hydrogens (tertiary/aromatic N) is 2. The molecule has 2 aromatic rings. The van der Waals surface area contributed by atoms with Gasteiger partial charge in [-0.15, -0.1) is 0 Å². The third kappa shape index (κ3) is 5.31. The molecule has 0 unspecified atom stereocenters. The van der Waals surface area contributed by atoms with E-state index in [9.17, 15) is 4.79 Å². The average Bonchev–Trinajstić information content (AvgIpc) is 2.70. The van der Waals surface area contributed by atoms with E-state index in [-0.39, 0.29) is 11.9 Å². The summed E-state index contributed by atoms with van der Waals surface area (Å²) < 4.78 is 6.25. The number of methoxy groups -OCH3 is 1. The smallest absolute Gasteiger partial charge is 0.251 e. The highest BCUT2D eigenvalue weighted by atomic mass is 79.9. The molecule has 0 bridgehead atoms. The number of nitrogens with one attached hydrogen (secondary N) is 1. The van der Waals surface area contributed by atoms with E-state index in [0.29, 0.717) is 12.1 Å². The summed E-state index contributed by atoms with van der Waals surface area (Å²) in [4.78, 5) is 17.3. The topological polar surface area (TPSA) is 44.8 Å². The van der Waals surface area contributed by atoms with E-state index in [1.807, 2.05) is 36.4 Å². The molecule has 0 aliphatic carbocycles. The van der Waals surface area contributed by atoms with Crippen molar-refractivity contribution in [2.24, 2.45) is 0 Å². The first-order valence-electron chi connectivity index (χ1n) is 9.17. The molecular formula is C21H26BrN3O2. The normalized spacial score (nSPS) is 16.7. The minimum Gasteiger partial charge on any atom is -0.497 e. The molecule has 0 radical (unpaired) electrons. The Morgan fingerprint density at radius 1 is 1.07 bits per heavy atom. The molecule has 1 aliphatic heterocycles. The Labute approximate surface area is 169 Å². The molecule has 3 rings (SSSR count). The quantitative estimate of drug-likeness (QED) is 0.762. The highest BCUT2D eigenvalue weighted by molar-refractivity contribution is 9.10. The van der Waals surface area contributed by atoms with E-state index in [1.165, 1.54) is 5.56 Å². The first kappa shape index (κ1) is 19.9. The fourth-order valence-electron chi connectivity index (χ4n) is 3.31. The Bertz CT molecular complexity index is 741. The van der Waals surface area contributed by atoms with Gasteiger partial charge in [0, 0.05) is 42.8 Å². The van der Waals surface area contributed by atoms with Crippen molar-refractivity contribution in [3.8, 4) is 5.75 Å². The van der Waals surface area contributed by atoms with E-state index in [1.54, 1.807) is 7.11 Å². The van der Waals surface area contributed by atoms with Gasteiger partial charge in [0.1, 0.15) is 5.75 Å². The van der Waals surface area contributed by atoms with Crippen LogP contribution in [0.4, 0.5) is 0 Å². The lowest BCUT2D eigenvalue weighted by Crippen LogP contribution is -2.48. The average molecular weight is 432 g/mol. The van der Waals surface area contributed by atoms with Crippen LogP contribution in [0, 0.1) is 0 Å². The summed E-state index contributed by atoms with van der Waals surface area (Å²) in [6.45, 7) is 4.62. The summed E-state index contributed by atoms with van der Waals surface area (Å²) in [6, 6.07) is 15.7. The number of carbonyl (C=O) groups is 1. The predicted octanol–water partition coefficient (Wildman–Crippen LogP) is 3.18. The van der Waals surface area contributed by atoms with Crippen molar-refractivity contribution in [1.82, 2.24) is 15.1 Å². The molecule has 1 atom stereocenters. The zero-order valence-corrected chi connectivity index (χ0v) is 17.4. The number of amides is 1. The number of carbonyl (C=O) groups excluding carboxylic acids is 1. The Balaban J connectivity index is 1.72. The van der Waals surface area contributed by atoms with Crippen LogP contribution >= 0.6 is 15.9 Å². The molecule has 1 saturated heterocycles. The first-order valence-corrected chi connectivity index (χ1v) is 9.96. The van der Waals surface area contributed by atoms with Crippen LogP contribution in [0.25, 0.3) is 0 Å². The zero-order chi connectivity index (χ0) is 19.2. The van der Waals surface area contributed by atoms with Gasteiger partial charge in [0.2, 0.25) is 0 Å². The number of rotatable bonds is 6. The van der Waals surface area contributed by atoms with Crippen molar-refractivity contribution in [1.29, 1.82) is 0 Å². The van der Waals surface area contributed by atoms with E-state index in [0.717, 1.165) is 36.4 Å². The summed E-state index contributed by atoms with van der Waals surface area (Å²) in [6.07, 6.45) is 0. The van der Waals surface area contributed by atoms with E-state index in [4.69, 9.17) is 4.74 Å². The van der Waals surface area contributed by atoms with Gasteiger partial charge >= 0.3 is 0 Å². The molecule has 1 fully saturated rings. The first-order chi connectivity index (χ1) is 13.1. The molecule has 2 aromatic carbocycles. The number of piperazine rings is 1. The van der Waals surface area contributed by atoms with Crippen molar-refractivity contribution in [3.05, 3.63) is 64.1 Å². The van der Waals surface area contributed by atoms with Crippen LogP contribution < -0.4 is 10.1 Å². The lowest BCUT2D eigenvalue weighted by Gasteiger charge is -2.38. The standard InChI is InChI=1S/C21H26BrN3O2/c1-24-11-13-25(14-12-24)20(16-5-9-19(27-2)10-6-16)15-23-21(26)17-3-7-18(22)8-4-17/h3-10,20H,11-15H2,1-2H3,(H,23,26)/t20-/m0/s1. The van der Waals surface area contributed by atoms with Gasteiger partial charge in [-0.3, -0.25) is 9.69 Å². The molecule has 0 spiro atoms. The highest BCUT2D eigenvalue weighted by Crippen LogP contribution is 2.24. The SMILES string of the molecule is COc1ccc([C@H](CNC(=O)c2ccc(Br)cc2)N2CCN(C)CC2)cc1. The van der Waals surface area contributed by atoms with Crippen molar-refractivity contribution in [2.75, 3.05) is 46.9 Å². The van der Waals surface area contributed by atoms with Crippen LogP contribution in [0.3, 0.4) is 0 Å². The van der Waals surface area contributed by atoms with Gasteiger partial charge in [-0.05, 0) is 49.0 Å². The van der Waals surface area contributed by atoms with Gasteiger partial charge < -0.3 is 15.0 Å². The lowest BCUT2D eigenvalue weighted by atomic mass is 10.0. The van der Waals surface area contributed by atoms with Crippen LogP contribution in [0.15, 0.2) is 53.0 Å². The van der Waals surface area contributed by atoms with Crippen LogP contribution in [-0.2, 0) is 0 Å². The third-order valence-corrected chi connectivity index (χ3v) is 5.57. The zero-order valence-electron chi connectivity index (χ0n) is 15.8. The van der Waals surface area contributed by atoms with Crippen molar-refractivity contribution in [2.45, 2.75) is 6.04 Å². The molecule has 27 heavy (non-hydrogen) atoms. The summed E-state index contributed by atoms with van der Waals surface area (Å²) in [5.41, 5.74) is 1.86. The van der Waals surface area contributed by atoms with Crippen LogP contribution in [0.1, 0.15) is 22.0 Å². The van der Waals surface area contributed by atoms with Gasteiger partial charge in [-0.1, -0.05) is 28.1 Å². The Kier molecular flexibility index (Phi) is 6.88. The number of ether oxygens (including phenoxy) is 1. The molecule has 144 valence electrons. The summed E-state index contributed by atoms with van der Waals surface area (Å²) in [5.74, 6) is 0.796. The molecule has 1 heterocycles. The van der Waals surface area contributed by atoms with Crippen LogP contribution in [-0.4, -0.2) is 62.6 Å². The monoisotopic (exact) mass is 431 g/mol. The number of benzene rings is 2. The van der Waals surface area contributed by atoms with Crippen LogP contribution in [0.2, 0.25) is 0 Å². The largest absolute Gasteiger partial charge is 0.497 e. The number of likely N-dealkylation sites (N-methyl/N-ethyl adjacent to an activating group) is 1. The molecule has 6 heteroatoms. The lowest BCUT2D eigenvalue weighted by molar-refractivity contribution is 0.0886. The van der Waals surface area contributed by atoms with Gasteiger partial charge in [-0.25, -0.2) is 0 Å². The molecular weight excluding hydrogens is 406 g/mol. The Morgan fingerprint density at radius 2 is 1.70 bits per heavy atom. The van der Waals surface area contributed by atoms with Crippen molar-refractivity contribution in [3.63, 3.8) is 0 Å². The summed E-state index contributed by atoms with van der Waals surface area (Å²) >= 11 is 3.40. The van der Waals surface area contributed by atoms with Gasteiger partial charge in [0.15, 0.2) is 0 Å². The Morgan fingerprint density at radius 3 is 2.30 bits per heavy atom. The van der Waals surface area contributed by atoms with Gasteiger partial charge in [-0.2, -0.15) is 0 Å². The van der Waals surface area contributed by atoms with E-state index in [2.05, 4.69) is 50.2 Å². The van der Waals surface area contributed by atoms with Gasteiger partial charge in [0.25, 0.3) is 5.91 Å². The maximum atomic E-state index is 12.6. The molecule has 1 N–H and O–H groups in total. The van der Waals surface area contributed by atoms with E-state index < -0.39 is 0 Å². The maximum absolute atomic E-state index is 12.6. The molecule has 1 aliphatic rings. The Hall–Kier alpha value is -1.89. The highest BCUT2D eigenvalue weighted by Gasteiger charge is 2.24. The fourth-order valence-corrected chi connectivity index (χ4v) is 3.57. The minimum atomic E-state index is -0.0462. The number of halogens is 1. The van der Waals surface area contributed by atoms with Gasteiger partial charge in [0.05, 0.1) is 13.2 Å². The third-order valence-electron chi connectivity index (χ3n) is 5.04. The molecule has 5 nitrogen and oxygen atoms in total. The number of hydrogen-bond donors (Lipinski definition) is 1. The van der Waals surface area contributed by atoms with E-state index >= 15 is 0 Å². The second-order valence-corrected chi connectivity index (χ2v) is 7.76. The minimum absolute atomic E-state index is 0.0462. The van der Waals surface area contributed by atoms with Crippen LogP contribution in [0.5, 0.6) is 5.75 Å². The van der Waals surface area contributed by atoms with Crippen molar-refractivity contribution >= 4 is 21.8 Å². The summed E-state index contributed by atoms with van der Waals surface area (Å²) in [5, 5.41) is 3.11. The molecule has 0 saturated carbocycles. The fraction of sp³-hybridized carbons (Fsp3) is 0.381. The molecule has 0 aromatic heterocycles. The maximum Gasteiger partial charge on any atom is 0.251 e. The van der Waals surface area contributed by atoms with Crippen molar-refractivity contribution < 1.29 is 9.53 Å². The second-order valence-electron chi connectivity index (χ2n) is 6.85. The summed E-state index contributed by atoms with van der Waals surface area (Å²) in [7, 11) is 3.82. The predicted molar refractivity (Wildman–Crippen MR) is 111 cm³/mol. The second kappa shape index (κ2) is 9.35. The number of hydrogen-bond acceptors (Lipinski definition) is 4. The molecule has 1 amide bonds.